The number of rotatable bonds is 0. The summed E-state index contributed by atoms with van der Waals surface area (Å²) in [6.07, 6.45) is 8.92. The highest BCUT2D eigenvalue weighted by molar-refractivity contribution is 6.27. The van der Waals surface area contributed by atoms with E-state index in [1.54, 1.807) is 20.3 Å². The molecule has 0 bridgehead atoms. The molecule has 14 atom stereocenters. The molecule has 14 unspecified atom stereocenters. The summed E-state index contributed by atoms with van der Waals surface area (Å²) < 4.78 is 9.50. The van der Waals surface area contributed by atoms with E-state index in [0.717, 1.165) is 28.6 Å². The molecule has 1 N–H and O–H groups in total. The van der Waals surface area contributed by atoms with Gasteiger partial charge in [-0.25, -0.2) is 0 Å². The molecule has 0 aromatic heterocycles. The third kappa shape index (κ3) is 4.85. The third-order valence-corrected chi connectivity index (χ3v) is 15.5. The van der Waals surface area contributed by atoms with E-state index in [9.17, 15) is 4.39 Å². The number of alkyl halides is 1. The van der Waals surface area contributed by atoms with Crippen molar-refractivity contribution in [3.05, 3.63) is 35.9 Å². The number of hydrogen-bond acceptors (Lipinski definition) is 2. The number of hydrogen-bond donors (Lipinski definition) is 1. The fourth-order valence-electron chi connectivity index (χ4n) is 17.0. The number of nitrogens with zero attached hydrogens (tertiary/aromatic N) is 1. The van der Waals surface area contributed by atoms with Crippen LogP contribution in [0.5, 0.6) is 0 Å². The molecule has 13 fully saturated rings. The average molecular weight is 856 g/mol. The maximum absolute atomic E-state index is 9.50. The molecule has 0 aliphatic heterocycles. The van der Waals surface area contributed by atoms with Crippen molar-refractivity contribution in [1.82, 2.24) is 4.90 Å². The first kappa shape index (κ1) is 54.1. The molecule has 1 aromatic rings. The summed E-state index contributed by atoms with van der Waals surface area (Å²) in [6, 6.07) is 10.3. The van der Waals surface area contributed by atoms with Gasteiger partial charge in [0.2, 0.25) is 0 Å². The molecule has 0 radical (unpaired) electrons. The second-order valence-corrected chi connectivity index (χ2v) is 23.2. The molecule has 13 aliphatic carbocycles. The van der Waals surface area contributed by atoms with E-state index in [2.05, 4.69) is 146 Å². The molecule has 352 valence electrons. The zero-order valence-electron chi connectivity index (χ0n) is 45.0. The predicted octanol–water partition coefficient (Wildman–Crippen LogP) is 14.8. The van der Waals surface area contributed by atoms with Crippen molar-refractivity contribution >= 4 is 0 Å². The largest absolute Gasteiger partial charge is 0.394 e. The minimum atomic E-state index is -0.167. The van der Waals surface area contributed by atoms with Gasteiger partial charge in [-0.05, 0) is 167 Å². The van der Waals surface area contributed by atoms with E-state index in [0.29, 0.717) is 13.1 Å². The minimum Gasteiger partial charge on any atom is -0.394 e. The van der Waals surface area contributed by atoms with Crippen LogP contribution in [0, 0.1) is 144 Å². The Labute approximate surface area is 386 Å². The van der Waals surface area contributed by atoms with E-state index < -0.39 is 0 Å². The maximum Gasteiger partial charge on any atom is 0.0785 e. The lowest BCUT2D eigenvalue weighted by atomic mass is 9.87. The Morgan fingerprint density at radius 2 is 1.03 bits per heavy atom. The normalized spacial score (nSPS) is 45.3. The van der Waals surface area contributed by atoms with Gasteiger partial charge in [0, 0.05) is 13.4 Å². The highest BCUT2D eigenvalue weighted by Gasteiger charge is 3.83. The van der Waals surface area contributed by atoms with Crippen molar-refractivity contribution in [3.63, 3.8) is 0 Å². The second kappa shape index (κ2) is 17.2. The first-order valence-electron chi connectivity index (χ1n) is 25.2. The van der Waals surface area contributed by atoms with Crippen LogP contribution < -0.4 is 0 Å². The van der Waals surface area contributed by atoms with Crippen LogP contribution in [0.1, 0.15) is 165 Å². The summed E-state index contributed by atoms with van der Waals surface area (Å²) in [4.78, 5) is 2.00. The molecule has 2 nitrogen and oxygen atoms in total. The summed E-state index contributed by atoms with van der Waals surface area (Å²) in [6.45, 7) is 44.1. The van der Waals surface area contributed by atoms with Gasteiger partial charge in [0.15, 0.2) is 0 Å². The maximum atomic E-state index is 9.50. The zero-order chi connectivity index (χ0) is 48.5. The number of terminal acetylenes is 1. The summed E-state index contributed by atoms with van der Waals surface area (Å²) in [5, 5.41) is 8.06. The van der Waals surface area contributed by atoms with Gasteiger partial charge in [-0.1, -0.05) is 179 Å². The van der Waals surface area contributed by atoms with Crippen LogP contribution in [0.15, 0.2) is 30.3 Å². The molecular weight excluding hydrogens is 758 g/mol. The molecule has 3 heteroatoms. The van der Waals surface area contributed by atoms with E-state index >= 15 is 0 Å². The van der Waals surface area contributed by atoms with E-state index in [1.165, 1.54) is 84.9 Å². The molecule has 0 saturated heterocycles. The number of halogens is 1. The number of aliphatic hydroxyl groups is 1. The van der Waals surface area contributed by atoms with Gasteiger partial charge in [0.05, 0.1) is 7.18 Å². The Morgan fingerprint density at radius 1 is 0.677 bits per heavy atom. The van der Waals surface area contributed by atoms with Crippen LogP contribution in [-0.4, -0.2) is 44.4 Å². The topological polar surface area (TPSA) is 23.5 Å². The minimum absolute atomic E-state index is 0. The van der Waals surface area contributed by atoms with Crippen molar-refractivity contribution in [2.45, 2.75) is 171 Å². The first-order chi connectivity index (χ1) is 29.0. The van der Waals surface area contributed by atoms with Crippen LogP contribution in [0.3, 0.4) is 0 Å². The van der Waals surface area contributed by atoms with Crippen LogP contribution in [0.4, 0.5) is 4.39 Å². The number of aliphatic hydroxyl groups excluding tert-OH is 1. The van der Waals surface area contributed by atoms with Crippen LogP contribution in [0.25, 0.3) is 0 Å². The quantitative estimate of drug-likeness (QED) is 0.263. The molecule has 0 heterocycles. The van der Waals surface area contributed by atoms with Crippen LogP contribution in [0.2, 0.25) is 0 Å². The lowest BCUT2D eigenvalue weighted by molar-refractivity contribution is 0.216. The second-order valence-electron chi connectivity index (χ2n) is 23.2. The standard InChI is InChI=1S/C16H8.C9H8.C7H8.3C4H10.C3H9N.C3H8O.2C3H8.C2H6.CH3F.H2/c1-3-5-7(3)9(5)11(7)13(9)15(11)14-10-6-2-4(6)8(6,10)12(10,14)16(13,14)15;1-4-5-6-7-8-9(2)3;1-7-5-3-2-4-6-7;4*1-4(2)3;1-3(2)4;2*1-3-2;2*1-2;/h3-5H,2H2,1H3;1,9H,2-3H3;2-6H,1H3;3*4H,1-3H3;1-3H3;3-4H,1-2H3;2*3H2,1-2H3;1-2H3;1H3;1H. The molecule has 62 heavy (non-hydrogen) atoms. The predicted molar refractivity (Wildman–Crippen MR) is 269 cm³/mol. The fourth-order valence-corrected chi connectivity index (χ4v) is 17.0. The van der Waals surface area contributed by atoms with Gasteiger partial charge in [-0.3, -0.25) is 4.39 Å². The Hall–Kier alpha value is -2.25. The molecule has 13 saturated carbocycles. The van der Waals surface area contributed by atoms with Crippen LogP contribution in [-0.2, 0) is 0 Å². The molecule has 1 aromatic carbocycles. The third-order valence-electron chi connectivity index (χ3n) is 15.5. The van der Waals surface area contributed by atoms with Crippen molar-refractivity contribution in [1.29, 1.82) is 0 Å². The van der Waals surface area contributed by atoms with Gasteiger partial charge in [-0.15, -0.1) is 6.42 Å². The van der Waals surface area contributed by atoms with E-state index in [1.807, 2.05) is 71.9 Å². The molecule has 0 amide bonds. The molecular formula is C59H98FNO. The smallest absolute Gasteiger partial charge is 0.0785 e. The molecule has 13 aliphatic rings. The SMILES string of the molecule is C#CC#CC#CC(C)C.CC.CC(C)C.CC(C)C.CC(C)C.CC(C)O.CC1C2C13C21C32C13C21C24C56C78CC7C85C62C341.CCC.CCC.CF.CN(C)C.Cc1ccccc1.[HH]. The summed E-state index contributed by atoms with van der Waals surface area (Å²) >= 11 is 0. The Bertz CT molecular complexity index is 1860. The van der Waals surface area contributed by atoms with E-state index in [-0.39, 0.29) is 7.53 Å². The average Bonchev–Trinajstić information content (AvgIpc) is 3.90. The summed E-state index contributed by atoms with van der Waals surface area (Å²) in [7, 11) is 6.50. The number of aryl methyl sites for hydroxylation is 1. The number of benzene rings is 1. The van der Waals surface area contributed by atoms with Crippen LogP contribution >= 0.6 is 0 Å². The summed E-state index contributed by atoms with van der Waals surface area (Å²) in [5.74, 6) is 19.4. The zero-order valence-corrected chi connectivity index (χ0v) is 45.0. The van der Waals surface area contributed by atoms with Crippen molar-refractivity contribution in [2.75, 3.05) is 28.3 Å². The van der Waals surface area contributed by atoms with Gasteiger partial charge >= 0.3 is 0 Å². The molecule has 14 rings (SSSR count). The Balaban J connectivity index is 0.000000261. The highest BCUT2D eigenvalue weighted by atomic mass is 19.1. The lowest BCUT2D eigenvalue weighted by Gasteiger charge is -2.15. The first-order valence-corrected chi connectivity index (χ1v) is 25.2. The lowest BCUT2D eigenvalue weighted by Crippen LogP contribution is -2.14. The fraction of sp³-hybridized carbons (Fsp3) is 0.797. The van der Waals surface area contributed by atoms with E-state index in [4.69, 9.17) is 11.5 Å². The van der Waals surface area contributed by atoms with Crippen molar-refractivity contribution in [2.24, 2.45) is 101 Å². The Kier molecular flexibility index (Phi) is 15.0. The van der Waals surface area contributed by atoms with Gasteiger partial charge in [0.1, 0.15) is 0 Å². The summed E-state index contributed by atoms with van der Waals surface area (Å²) in [5.41, 5.74) is 14.3. The van der Waals surface area contributed by atoms with Crippen molar-refractivity contribution in [3.8, 4) is 36.0 Å². The van der Waals surface area contributed by atoms with Gasteiger partial charge in [-0.2, -0.15) is 0 Å². The molecule has 11 spiro atoms. The highest BCUT2D eigenvalue weighted by Crippen LogP contribution is 3.83. The van der Waals surface area contributed by atoms with Gasteiger partial charge < -0.3 is 10.0 Å². The Morgan fingerprint density at radius 3 is 1.32 bits per heavy atom. The van der Waals surface area contributed by atoms with Crippen molar-refractivity contribution < 1.29 is 10.9 Å². The van der Waals surface area contributed by atoms with Gasteiger partial charge in [0.25, 0.3) is 0 Å². The monoisotopic (exact) mass is 856 g/mol.